The largest absolute Gasteiger partial charge is 0.360 e. The molecule has 0 radical (unpaired) electrons. The zero-order valence-electron chi connectivity index (χ0n) is 16.2. The Kier molecular flexibility index (Phi) is 3.29. The van der Waals surface area contributed by atoms with E-state index in [1.165, 1.54) is 5.69 Å². The summed E-state index contributed by atoms with van der Waals surface area (Å²) in [6, 6.07) is 2.24. The van der Waals surface area contributed by atoms with Gasteiger partial charge in [0, 0.05) is 42.3 Å². The second-order valence-electron chi connectivity index (χ2n) is 8.66. The Morgan fingerprint density at radius 3 is 3.04 bits per heavy atom. The number of amides is 1. The highest BCUT2D eigenvalue weighted by atomic mass is 16.5. The molecule has 6 rings (SSSR count). The Balaban J connectivity index is 1.41. The minimum absolute atomic E-state index is 0.0222. The molecule has 3 atom stereocenters. The summed E-state index contributed by atoms with van der Waals surface area (Å²) in [6.45, 7) is 4.22. The molecule has 1 fully saturated rings. The first kappa shape index (κ1) is 16.3. The maximum atomic E-state index is 13.5. The number of hydrogen-bond donors (Lipinski definition) is 0. The number of hydrogen-bond acceptors (Lipinski definition) is 5. The first-order valence-corrected chi connectivity index (χ1v) is 10.2. The van der Waals surface area contributed by atoms with Crippen molar-refractivity contribution in [2.24, 2.45) is 5.92 Å². The van der Waals surface area contributed by atoms with Crippen molar-refractivity contribution in [3.8, 4) is 0 Å². The van der Waals surface area contributed by atoms with E-state index in [9.17, 15) is 4.79 Å². The van der Waals surface area contributed by atoms with Crippen LogP contribution in [0.15, 0.2) is 16.8 Å². The van der Waals surface area contributed by atoms with Crippen LogP contribution in [0.2, 0.25) is 0 Å². The molecule has 5 heterocycles. The lowest BCUT2D eigenvalue weighted by molar-refractivity contribution is 0.0631. The standard InChI is InChI=1S/C21H23N5O2/c1-11-3-6-18-14(7-11)20(24-28-18)21(27)25-13-4-5-16(25)15-10-22-19-8-12(2)23-26(19)17(15)9-13/h8,10-11,13,16H,3-7,9H2,1-2H3. The Bertz CT molecular complexity index is 1110. The molecule has 2 bridgehead atoms. The lowest BCUT2D eigenvalue weighted by Gasteiger charge is -2.36. The third kappa shape index (κ3) is 2.16. The number of fused-ring (bicyclic) bond motifs is 7. The molecule has 1 saturated heterocycles. The topological polar surface area (TPSA) is 76.5 Å². The molecule has 3 aromatic rings. The molecule has 1 aliphatic carbocycles. The SMILES string of the molecule is Cc1cc2ncc3c(n2n1)CC1CCC3N1C(=O)c1noc2c1CC(C)CC2. The lowest BCUT2D eigenvalue weighted by atomic mass is 9.87. The molecule has 3 unspecified atom stereocenters. The van der Waals surface area contributed by atoms with E-state index in [2.05, 4.69) is 22.2 Å². The fraction of sp³-hybridized carbons (Fsp3) is 0.524. The maximum absolute atomic E-state index is 13.5. The molecule has 144 valence electrons. The minimum atomic E-state index is 0.0222. The van der Waals surface area contributed by atoms with Gasteiger partial charge in [-0.25, -0.2) is 9.50 Å². The van der Waals surface area contributed by atoms with Crippen molar-refractivity contribution in [2.75, 3.05) is 0 Å². The average molecular weight is 377 g/mol. The highest BCUT2D eigenvalue weighted by molar-refractivity contribution is 5.95. The number of rotatable bonds is 1. The number of carbonyl (C=O) groups is 1. The molecule has 3 aliphatic rings. The van der Waals surface area contributed by atoms with Crippen LogP contribution < -0.4 is 0 Å². The molecular formula is C21H23N5O2. The summed E-state index contributed by atoms with van der Waals surface area (Å²) in [7, 11) is 0. The maximum Gasteiger partial charge on any atom is 0.277 e. The molecule has 1 amide bonds. The van der Waals surface area contributed by atoms with Gasteiger partial charge >= 0.3 is 0 Å². The van der Waals surface area contributed by atoms with Crippen molar-refractivity contribution in [1.29, 1.82) is 0 Å². The number of aromatic nitrogens is 4. The highest BCUT2D eigenvalue weighted by Gasteiger charge is 2.45. The van der Waals surface area contributed by atoms with Gasteiger partial charge in [-0.1, -0.05) is 12.1 Å². The molecule has 0 aromatic carbocycles. The van der Waals surface area contributed by atoms with E-state index in [1.54, 1.807) is 0 Å². The van der Waals surface area contributed by atoms with Crippen LogP contribution in [-0.4, -0.2) is 36.6 Å². The molecule has 0 N–H and O–H groups in total. The Morgan fingerprint density at radius 2 is 2.14 bits per heavy atom. The summed E-state index contributed by atoms with van der Waals surface area (Å²) in [5.41, 5.74) is 5.75. The van der Waals surface area contributed by atoms with Crippen LogP contribution in [0.25, 0.3) is 5.65 Å². The van der Waals surface area contributed by atoms with E-state index in [1.807, 2.05) is 28.6 Å². The number of nitrogens with zero attached hydrogens (tertiary/aromatic N) is 5. The van der Waals surface area contributed by atoms with Gasteiger partial charge in [-0.3, -0.25) is 4.79 Å². The van der Waals surface area contributed by atoms with E-state index in [0.29, 0.717) is 11.6 Å². The van der Waals surface area contributed by atoms with Crippen molar-refractivity contribution in [1.82, 2.24) is 24.7 Å². The molecule has 0 spiro atoms. The highest BCUT2D eigenvalue weighted by Crippen LogP contribution is 2.44. The van der Waals surface area contributed by atoms with Crippen LogP contribution in [-0.2, 0) is 19.3 Å². The first-order chi connectivity index (χ1) is 13.6. The third-order valence-corrected chi connectivity index (χ3v) is 6.75. The van der Waals surface area contributed by atoms with Crippen LogP contribution >= 0.6 is 0 Å². The van der Waals surface area contributed by atoms with Crippen molar-refractivity contribution in [3.63, 3.8) is 0 Å². The van der Waals surface area contributed by atoms with Gasteiger partial charge in [-0.05, 0) is 38.5 Å². The zero-order chi connectivity index (χ0) is 19.0. The fourth-order valence-corrected chi connectivity index (χ4v) is 5.38. The van der Waals surface area contributed by atoms with Gasteiger partial charge in [0.05, 0.1) is 17.4 Å². The summed E-state index contributed by atoms with van der Waals surface area (Å²) in [5.74, 6) is 1.49. The molecule has 7 heteroatoms. The molecule has 28 heavy (non-hydrogen) atoms. The third-order valence-electron chi connectivity index (χ3n) is 6.75. The molecule has 3 aromatic heterocycles. The normalized spacial score (nSPS) is 25.8. The van der Waals surface area contributed by atoms with E-state index in [4.69, 9.17) is 4.52 Å². The zero-order valence-corrected chi connectivity index (χ0v) is 16.2. The predicted octanol–water partition coefficient (Wildman–Crippen LogP) is 3.05. The van der Waals surface area contributed by atoms with E-state index in [-0.39, 0.29) is 18.0 Å². The van der Waals surface area contributed by atoms with Gasteiger partial charge in [0.25, 0.3) is 5.91 Å². The van der Waals surface area contributed by atoms with Crippen LogP contribution in [0.5, 0.6) is 0 Å². The summed E-state index contributed by atoms with van der Waals surface area (Å²) in [5, 5.41) is 8.85. The summed E-state index contributed by atoms with van der Waals surface area (Å²) in [6.07, 6.45) is 7.59. The van der Waals surface area contributed by atoms with E-state index in [0.717, 1.165) is 66.8 Å². The van der Waals surface area contributed by atoms with Gasteiger partial charge in [0.1, 0.15) is 5.76 Å². The van der Waals surface area contributed by atoms with Crippen molar-refractivity contribution >= 4 is 11.6 Å². The van der Waals surface area contributed by atoms with Crippen LogP contribution in [0, 0.1) is 12.8 Å². The van der Waals surface area contributed by atoms with Crippen molar-refractivity contribution in [2.45, 2.75) is 64.5 Å². The van der Waals surface area contributed by atoms with Crippen molar-refractivity contribution in [3.05, 3.63) is 46.2 Å². The molecule has 7 nitrogen and oxygen atoms in total. The van der Waals surface area contributed by atoms with Crippen molar-refractivity contribution < 1.29 is 9.32 Å². The summed E-state index contributed by atoms with van der Waals surface area (Å²) >= 11 is 0. The molecule has 2 aliphatic heterocycles. The predicted molar refractivity (Wildman–Crippen MR) is 101 cm³/mol. The second-order valence-corrected chi connectivity index (χ2v) is 8.66. The number of carbonyl (C=O) groups excluding carboxylic acids is 1. The summed E-state index contributed by atoms with van der Waals surface area (Å²) in [4.78, 5) is 20.2. The van der Waals surface area contributed by atoms with Crippen LogP contribution in [0.3, 0.4) is 0 Å². The lowest BCUT2D eigenvalue weighted by Crippen LogP contribution is -2.43. The van der Waals surface area contributed by atoms with Gasteiger partial charge < -0.3 is 9.42 Å². The second kappa shape index (κ2) is 5.65. The van der Waals surface area contributed by atoms with Gasteiger partial charge in [-0.15, -0.1) is 0 Å². The van der Waals surface area contributed by atoms with Gasteiger partial charge in [0.2, 0.25) is 0 Å². The van der Waals surface area contributed by atoms with Crippen LogP contribution in [0.4, 0.5) is 0 Å². The van der Waals surface area contributed by atoms with E-state index < -0.39 is 0 Å². The van der Waals surface area contributed by atoms with E-state index >= 15 is 0 Å². The molecular weight excluding hydrogens is 354 g/mol. The monoisotopic (exact) mass is 377 g/mol. The Labute approximate surface area is 162 Å². The smallest absolute Gasteiger partial charge is 0.277 e. The fourth-order valence-electron chi connectivity index (χ4n) is 5.38. The number of aryl methyl sites for hydroxylation is 2. The van der Waals surface area contributed by atoms with Crippen LogP contribution in [0.1, 0.15) is 71.0 Å². The average Bonchev–Trinajstić information content (AvgIpc) is 3.35. The summed E-state index contributed by atoms with van der Waals surface area (Å²) < 4.78 is 7.51. The molecule has 0 saturated carbocycles. The quantitative estimate of drug-likeness (QED) is 0.651. The first-order valence-electron chi connectivity index (χ1n) is 10.2. The Morgan fingerprint density at radius 1 is 1.25 bits per heavy atom. The Hall–Kier alpha value is -2.70. The van der Waals surface area contributed by atoms with Gasteiger partial charge in [-0.2, -0.15) is 5.10 Å². The van der Waals surface area contributed by atoms with Gasteiger partial charge in [0.15, 0.2) is 11.3 Å². The minimum Gasteiger partial charge on any atom is -0.360 e.